The summed E-state index contributed by atoms with van der Waals surface area (Å²) in [6, 6.07) is 6.83. The van der Waals surface area contributed by atoms with Gasteiger partial charge in [0.2, 0.25) is 0 Å². The van der Waals surface area contributed by atoms with Crippen LogP contribution in [0.3, 0.4) is 0 Å². The van der Waals surface area contributed by atoms with Crippen molar-refractivity contribution in [2.45, 2.75) is 39.3 Å². The van der Waals surface area contributed by atoms with Crippen LogP contribution in [0.25, 0.3) is 0 Å². The number of nitrogens with zero attached hydrogens (tertiary/aromatic N) is 3. The van der Waals surface area contributed by atoms with Crippen LogP contribution in [0.15, 0.2) is 30.5 Å². The topological polar surface area (TPSA) is 111 Å². The molecular weight excluding hydrogens is 370 g/mol. The van der Waals surface area contributed by atoms with Gasteiger partial charge in [0.1, 0.15) is 11.9 Å². The van der Waals surface area contributed by atoms with Crippen molar-refractivity contribution >= 4 is 17.5 Å². The zero-order chi connectivity index (χ0) is 20.8. The third kappa shape index (κ3) is 5.65. The normalized spacial score (nSPS) is 15.8. The number of carbonyl (C=O) groups excluding carboxylic acids is 1. The van der Waals surface area contributed by atoms with E-state index in [0.29, 0.717) is 17.9 Å². The average Bonchev–Trinajstić information content (AvgIpc) is 2.73. The van der Waals surface area contributed by atoms with Crippen LogP contribution in [0.1, 0.15) is 42.8 Å². The van der Waals surface area contributed by atoms with Crippen LogP contribution in [-0.4, -0.2) is 45.9 Å². The summed E-state index contributed by atoms with van der Waals surface area (Å²) in [6.07, 6.45) is 2.72. The summed E-state index contributed by atoms with van der Waals surface area (Å²) in [5.74, 6) is 1.68. The molecule has 3 heterocycles. The minimum absolute atomic E-state index is 0.346. The molecule has 1 atom stereocenters. The Hall–Kier alpha value is -2.71. The van der Waals surface area contributed by atoms with Gasteiger partial charge in [-0.05, 0) is 43.9 Å². The molecule has 2 aromatic heterocycles. The summed E-state index contributed by atoms with van der Waals surface area (Å²) in [5, 5.41) is 24.1. The van der Waals surface area contributed by atoms with Crippen molar-refractivity contribution in [3.8, 4) is 0 Å². The van der Waals surface area contributed by atoms with Crippen LogP contribution < -0.4 is 15.5 Å². The standard InChI is InChI=1S/C21H29N5O3/c1-14-7-9-26(10-8-14)20-16(4-3-15(2)24-20)11-23-21(29)25-17-5-6-18(22-12-17)19(28)13-27/h3-6,12,14,19,27-28H,7-11,13H2,1-2H3,(H2,23,25,29). The monoisotopic (exact) mass is 399 g/mol. The number of pyridine rings is 2. The van der Waals surface area contributed by atoms with E-state index in [1.54, 1.807) is 12.1 Å². The third-order valence-corrected chi connectivity index (χ3v) is 5.18. The van der Waals surface area contributed by atoms with Crippen LogP contribution in [0.5, 0.6) is 0 Å². The summed E-state index contributed by atoms with van der Waals surface area (Å²) in [6.45, 7) is 6.19. The maximum Gasteiger partial charge on any atom is 0.319 e. The summed E-state index contributed by atoms with van der Waals surface area (Å²) >= 11 is 0. The minimum Gasteiger partial charge on any atom is -0.393 e. The van der Waals surface area contributed by atoms with E-state index in [0.717, 1.165) is 48.9 Å². The Balaban J connectivity index is 1.60. The highest BCUT2D eigenvalue weighted by Crippen LogP contribution is 2.25. The Morgan fingerprint density at radius 1 is 1.28 bits per heavy atom. The predicted molar refractivity (Wildman–Crippen MR) is 112 cm³/mol. The lowest BCUT2D eigenvalue weighted by atomic mass is 9.99. The summed E-state index contributed by atoms with van der Waals surface area (Å²) in [5.41, 5.74) is 2.80. The van der Waals surface area contributed by atoms with E-state index in [4.69, 9.17) is 10.1 Å². The van der Waals surface area contributed by atoms with Gasteiger partial charge in [0.05, 0.1) is 24.2 Å². The summed E-state index contributed by atoms with van der Waals surface area (Å²) in [7, 11) is 0. The molecular formula is C21H29N5O3. The second-order valence-electron chi connectivity index (χ2n) is 7.58. The van der Waals surface area contributed by atoms with Gasteiger partial charge < -0.3 is 25.7 Å². The lowest BCUT2D eigenvalue weighted by Gasteiger charge is -2.32. The molecule has 0 radical (unpaired) electrons. The van der Waals surface area contributed by atoms with Gasteiger partial charge in [-0.15, -0.1) is 0 Å². The number of aryl methyl sites for hydroxylation is 1. The lowest BCUT2D eigenvalue weighted by molar-refractivity contribution is 0.0923. The first kappa shape index (κ1) is 21.0. The van der Waals surface area contributed by atoms with E-state index in [2.05, 4.69) is 27.4 Å². The smallest absolute Gasteiger partial charge is 0.319 e. The Labute approximate surface area is 171 Å². The molecule has 2 aromatic rings. The highest BCUT2D eigenvalue weighted by atomic mass is 16.3. The number of aliphatic hydroxyl groups excluding tert-OH is 2. The zero-order valence-corrected chi connectivity index (χ0v) is 16.9. The third-order valence-electron chi connectivity index (χ3n) is 5.18. The molecule has 0 bridgehead atoms. The molecule has 2 amide bonds. The van der Waals surface area contributed by atoms with Gasteiger partial charge in [0.25, 0.3) is 0 Å². The van der Waals surface area contributed by atoms with E-state index >= 15 is 0 Å². The van der Waals surface area contributed by atoms with Gasteiger partial charge in [0, 0.05) is 30.9 Å². The van der Waals surface area contributed by atoms with Crippen molar-refractivity contribution in [3.05, 3.63) is 47.4 Å². The second kappa shape index (κ2) is 9.67. The van der Waals surface area contributed by atoms with E-state index in [-0.39, 0.29) is 6.03 Å². The van der Waals surface area contributed by atoms with Crippen molar-refractivity contribution in [1.29, 1.82) is 0 Å². The number of aliphatic hydroxyl groups is 2. The summed E-state index contributed by atoms with van der Waals surface area (Å²) in [4.78, 5) is 23.3. The number of hydrogen-bond acceptors (Lipinski definition) is 6. The molecule has 1 saturated heterocycles. The van der Waals surface area contributed by atoms with Gasteiger partial charge in [-0.1, -0.05) is 13.0 Å². The van der Waals surface area contributed by atoms with Crippen molar-refractivity contribution in [3.63, 3.8) is 0 Å². The Bertz CT molecular complexity index is 820. The molecule has 1 unspecified atom stereocenters. The summed E-state index contributed by atoms with van der Waals surface area (Å²) < 4.78 is 0. The first-order valence-corrected chi connectivity index (χ1v) is 9.97. The number of rotatable bonds is 6. The molecule has 0 spiro atoms. The van der Waals surface area contributed by atoms with Crippen molar-refractivity contribution in [2.75, 3.05) is 29.9 Å². The van der Waals surface area contributed by atoms with Crippen molar-refractivity contribution in [1.82, 2.24) is 15.3 Å². The molecule has 0 aliphatic carbocycles. The predicted octanol–water partition coefficient (Wildman–Crippen LogP) is 2.37. The maximum absolute atomic E-state index is 12.3. The highest BCUT2D eigenvalue weighted by Gasteiger charge is 2.20. The molecule has 3 rings (SSSR count). The lowest BCUT2D eigenvalue weighted by Crippen LogP contribution is -2.35. The fourth-order valence-electron chi connectivity index (χ4n) is 3.32. The van der Waals surface area contributed by atoms with Crippen LogP contribution in [0.4, 0.5) is 16.3 Å². The van der Waals surface area contributed by atoms with Crippen LogP contribution in [-0.2, 0) is 6.54 Å². The first-order chi connectivity index (χ1) is 14.0. The number of anilines is 2. The van der Waals surface area contributed by atoms with Gasteiger partial charge in [-0.3, -0.25) is 4.98 Å². The molecule has 1 aliphatic rings. The number of carbonyl (C=O) groups is 1. The van der Waals surface area contributed by atoms with Crippen LogP contribution in [0.2, 0.25) is 0 Å². The molecule has 8 heteroatoms. The SMILES string of the molecule is Cc1ccc(CNC(=O)Nc2ccc(C(O)CO)nc2)c(N2CCC(C)CC2)n1. The van der Waals surface area contributed by atoms with Crippen LogP contribution >= 0.6 is 0 Å². The zero-order valence-electron chi connectivity index (χ0n) is 16.9. The largest absolute Gasteiger partial charge is 0.393 e. The van der Waals surface area contributed by atoms with Crippen LogP contribution in [0, 0.1) is 12.8 Å². The van der Waals surface area contributed by atoms with E-state index < -0.39 is 12.7 Å². The van der Waals surface area contributed by atoms with E-state index in [9.17, 15) is 9.90 Å². The Morgan fingerprint density at radius 2 is 2.03 bits per heavy atom. The van der Waals surface area contributed by atoms with Crippen molar-refractivity contribution in [2.24, 2.45) is 5.92 Å². The molecule has 1 aliphatic heterocycles. The minimum atomic E-state index is -1.02. The number of amides is 2. The van der Waals surface area contributed by atoms with Gasteiger partial charge >= 0.3 is 6.03 Å². The number of aromatic nitrogens is 2. The fraction of sp³-hybridized carbons (Fsp3) is 0.476. The van der Waals surface area contributed by atoms with Gasteiger partial charge in [-0.25, -0.2) is 9.78 Å². The Morgan fingerprint density at radius 3 is 2.69 bits per heavy atom. The molecule has 0 saturated carbocycles. The molecule has 29 heavy (non-hydrogen) atoms. The number of nitrogens with one attached hydrogen (secondary N) is 2. The average molecular weight is 399 g/mol. The van der Waals surface area contributed by atoms with E-state index in [1.165, 1.54) is 6.20 Å². The van der Waals surface area contributed by atoms with E-state index in [1.807, 2.05) is 19.1 Å². The van der Waals surface area contributed by atoms with Gasteiger partial charge in [-0.2, -0.15) is 0 Å². The molecule has 4 N–H and O–H groups in total. The first-order valence-electron chi connectivity index (χ1n) is 9.97. The quantitative estimate of drug-likeness (QED) is 0.594. The van der Waals surface area contributed by atoms with Crippen molar-refractivity contribution < 1.29 is 15.0 Å². The highest BCUT2D eigenvalue weighted by molar-refractivity contribution is 5.89. The number of urea groups is 1. The molecule has 8 nitrogen and oxygen atoms in total. The fourth-order valence-corrected chi connectivity index (χ4v) is 3.32. The Kier molecular flexibility index (Phi) is 7.00. The second-order valence-corrected chi connectivity index (χ2v) is 7.58. The number of piperidine rings is 1. The molecule has 0 aromatic carbocycles. The molecule has 1 fully saturated rings. The molecule has 156 valence electrons. The van der Waals surface area contributed by atoms with Gasteiger partial charge in [0.15, 0.2) is 0 Å². The maximum atomic E-state index is 12.3. The number of hydrogen-bond donors (Lipinski definition) is 4.